The van der Waals surface area contributed by atoms with Gasteiger partial charge in [-0.1, -0.05) is 26.0 Å². The Morgan fingerprint density at radius 1 is 1.21 bits per heavy atom. The second-order valence-electron chi connectivity index (χ2n) is 5.09. The lowest BCUT2D eigenvalue weighted by atomic mass is 10.2. The first-order valence-electron chi connectivity index (χ1n) is 6.67. The molecule has 0 atom stereocenters. The summed E-state index contributed by atoms with van der Waals surface area (Å²) >= 11 is 1.70. The molecule has 0 bridgehead atoms. The van der Waals surface area contributed by atoms with Gasteiger partial charge in [0.1, 0.15) is 12.4 Å². The second-order valence-corrected chi connectivity index (χ2v) is 5.87. The number of hydrogen-bond acceptors (Lipinski definition) is 3. The number of hydrogen-bond donors (Lipinski definition) is 1. The van der Waals surface area contributed by atoms with E-state index < -0.39 is 0 Å². The van der Waals surface area contributed by atoms with Gasteiger partial charge in [0.2, 0.25) is 0 Å². The molecule has 0 aliphatic heterocycles. The van der Waals surface area contributed by atoms with Gasteiger partial charge in [0, 0.05) is 6.54 Å². The third-order valence-corrected chi connectivity index (χ3v) is 3.50. The van der Waals surface area contributed by atoms with Crippen LogP contribution < -0.4 is 10.1 Å². The zero-order valence-corrected chi connectivity index (χ0v) is 12.4. The minimum atomic E-state index is 0.645. The maximum Gasteiger partial charge on any atom is 0.120 e. The van der Waals surface area contributed by atoms with Gasteiger partial charge in [-0.25, -0.2) is 0 Å². The summed E-state index contributed by atoms with van der Waals surface area (Å²) in [6.07, 6.45) is 0. The zero-order valence-electron chi connectivity index (χ0n) is 11.6. The number of ether oxygens (including phenoxy) is 1. The van der Waals surface area contributed by atoms with Crippen LogP contribution in [0.25, 0.3) is 0 Å². The van der Waals surface area contributed by atoms with E-state index in [1.54, 1.807) is 11.3 Å². The standard InChI is InChI=1S/C16H21NOS/c1-13(2)9-17-10-14-4-3-5-16(8-14)18-11-15-6-7-19-12-15/h3-8,12-13,17H,9-11H2,1-2H3. The topological polar surface area (TPSA) is 21.3 Å². The molecule has 0 radical (unpaired) electrons. The molecule has 3 heteroatoms. The molecule has 0 saturated carbocycles. The molecule has 1 aromatic carbocycles. The van der Waals surface area contributed by atoms with Crippen LogP contribution in [-0.4, -0.2) is 6.54 Å². The number of nitrogens with one attached hydrogen (secondary N) is 1. The van der Waals surface area contributed by atoms with E-state index in [1.165, 1.54) is 11.1 Å². The van der Waals surface area contributed by atoms with Crippen molar-refractivity contribution in [3.63, 3.8) is 0 Å². The summed E-state index contributed by atoms with van der Waals surface area (Å²) in [6, 6.07) is 10.4. The Labute approximate surface area is 119 Å². The maximum absolute atomic E-state index is 5.80. The van der Waals surface area contributed by atoms with Gasteiger partial charge >= 0.3 is 0 Å². The molecule has 2 rings (SSSR count). The van der Waals surface area contributed by atoms with E-state index in [0.29, 0.717) is 12.5 Å². The van der Waals surface area contributed by atoms with Crippen LogP contribution in [0.4, 0.5) is 0 Å². The van der Waals surface area contributed by atoms with E-state index >= 15 is 0 Å². The SMILES string of the molecule is CC(C)CNCc1cccc(OCc2ccsc2)c1. The Morgan fingerprint density at radius 3 is 2.84 bits per heavy atom. The van der Waals surface area contributed by atoms with Gasteiger partial charge in [-0.15, -0.1) is 0 Å². The van der Waals surface area contributed by atoms with E-state index in [4.69, 9.17) is 4.74 Å². The molecule has 2 aromatic rings. The van der Waals surface area contributed by atoms with Crippen molar-refractivity contribution in [2.24, 2.45) is 5.92 Å². The third-order valence-electron chi connectivity index (χ3n) is 2.77. The Kier molecular flexibility index (Phi) is 5.43. The van der Waals surface area contributed by atoms with Crippen LogP contribution in [0.5, 0.6) is 5.75 Å². The lowest BCUT2D eigenvalue weighted by molar-refractivity contribution is 0.306. The predicted octanol–water partition coefficient (Wildman–Crippen LogP) is 4.07. The highest BCUT2D eigenvalue weighted by Crippen LogP contribution is 2.16. The van der Waals surface area contributed by atoms with Crippen LogP contribution in [0.3, 0.4) is 0 Å². The summed E-state index contributed by atoms with van der Waals surface area (Å²) in [7, 11) is 0. The van der Waals surface area contributed by atoms with E-state index in [1.807, 2.05) is 6.07 Å². The first kappa shape index (κ1) is 14.1. The minimum absolute atomic E-state index is 0.645. The zero-order chi connectivity index (χ0) is 13.5. The second kappa shape index (κ2) is 7.31. The summed E-state index contributed by atoms with van der Waals surface area (Å²) in [5, 5.41) is 7.64. The van der Waals surface area contributed by atoms with Crippen molar-refractivity contribution in [1.82, 2.24) is 5.32 Å². The molecular formula is C16H21NOS. The molecule has 0 unspecified atom stereocenters. The molecule has 102 valence electrons. The monoisotopic (exact) mass is 275 g/mol. The van der Waals surface area contributed by atoms with Gasteiger partial charge in [-0.3, -0.25) is 0 Å². The van der Waals surface area contributed by atoms with Crippen molar-refractivity contribution >= 4 is 11.3 Å². The van der Waals surface area contributed by atoms with E-state index in [2.05, 4.69) is 54.2 Å². The smallest absolute Gasteiger partial charge is 0.120 e. The fourth-order valence-corrected chi connectivity index (χ4v) is 2.45. The van der Waals surface area contributed by atoms with Crippen molar-refractivity contribution in [2.45, 2.75) is 27.0 Å². The van der Waals surface area contributed by atoms with Crippen LogP contribution in [0, 0.1) is 5.92 Å². The maximum atomic E-state index is 5.80. The lowest BCUT2D eigenvalue weighted by Crippen LogP contribution is -2.18. The number of rotatable bonds is 7. The summed E-state index contributed by atoms with van der Waals surface area (Å²) in [5.41, 5.74) is 2.50. The number of benzene rings is 1. The highest BCUT2D eigenvalue weighted by atomic mass is 32.1. The van der Waals surface area contributed by atoms with Crippen molar-refractivity contribution in [3.05, 3.63) is 52.2 Å². The first-order valence-corrected chi connectivity index (χ1v) is 7.62. The molecule has 0 aliphatic carbocycles. The molecule has 0 fully saturated rings. The third kappa shape index (κ3) is 5.05. The van der Waals surface area contributed by atoms with Crippen molar-refractivity contribution in [2.75, 3.05) is 6.54 Å². The van der Waals surface area contributed by atoms with Crippen LogP contribution in [-0.2, 0) is 13.2 Å². The lowest BCUT2D eigenvalue weighted by Gasteiger charge is -2.09. The van der Waals surface area contributed by atoms with Crippen LogP contribution in [0.2, 0.25) is 0 Å². The average molecular weight is 275 g/mol. The first-order chi connectivity index (χ1) is 9.24. The molecule has 0 spiro atoms. The molecule has 0 amide bonds. The van der Waals surface area contributed by atoms with Gasteiger partial charge in [0.15, 0.2) is 0 Å². The fourth-order valence-electron chi connectivity index (χ4n) is 1.79. The molecule has 1 heterocycles. The molecule has 0 saturated heterocycles. The summed E-state index contributed by atoms with van der Waals surface area (Å²) in [4.78, 5) is 0. The predicted molar refractivity (Wildman–Crippen MR) is 81.6 cm³/mol. The minimum Gasteiger partial charge on any atom is -0.489 e. The van der Waals surface area contributed by atoms with Crippen molar-refractivity contribution < 1.29 is 4.74 Å². The fraction of sp³-hybridized carbons (Fsp3) is 0.375. The molecule has 1 aromatic heterocycles. The van der Waals surface area contributed by atoms with E-state index in [0.717, 1.165) is 18.8 Å². The van der Waals surface area contributed by atoms with Crippen LogP contribution in [0.15, 0.2) is 41.1 Å². The Balaban J connectivity index is 1.84. The average Bonchev–Trinajstić information content (AvgIpc) is 2.89. The Bertz CT molecular complexity index is 479. The summed E-state index contributed by atoms with van der Waals surface area (Å²) in [6.45, 7) is 7.01. The molecule has 1 N–H and O–H groups in total. The van der Waals surface area contributed by atoms with Gasteiger partial charge in [0.05, 0.1) is 0 Å². The summed E-state index contributed by atoms with van der Waals surface area (Å²) in [5.74, 6) is 1.62. The highest BCUT2D eigenvalue weighted by molar-refractivity contribution is 7.07. The van der Waals surface area contributed by atoms with E-state index in [-0.39, 0.29) is 0 Å². The van der Waals surface area contributed by atoms with E-state index in [9.17, 15) is 0 Å². The Hall–Kier alpha value is -1.32. The van der Waals surface area contributed by atoms with Crippen molar-refractivity contribution in [1.29, 1.82) is 0 Å². The van der Waals surface area contributed by atoms with Gasteiger partial charge in [-0.2, -0.15) is 11.3 Å². The summed E-state index contributed by atoms with van der Waals surface area (Å²) < 4.78 is 5.80. The molecule has 0 aliphatic rings. The quantitative estimate of drug-likeness (QED) is 0.822. The largest absolute Gasteiger partial charge is 0.489 e. The van der Waals surface area contributed by atoms with Gasteiger partial charge in [0.25, 0.3) is 0 Å². The Morgan fingerprint density at radius 2 is 2.11 bits per heavy atom. The van der Waals surface area contributed by atoms with Crippen molar-refractivity contribution in [3.8, 4) is 5.75 Å². The molecular weight excluding hydrogens is 254 g/mol. The van der Waals surface area contributed by atoms with Crippen LogP contribution >= 0.6 is 11.3 Å². The molecule has 19 heavy (non-hydrogen) atoms. The van der Waals surface area contributed by atoms with Gasteiger partial charge < -0.3 is 10.1 Å². The van der Waals surface area contributed by atoms with Crippen LogP contribution in [0.1, 0.15) is 25.0 Å². The van der Waals surface area contributed by atoms with Gasteiger partial charge in [-0.05, 0) is 52.5 Å². The highest BCUT2D eigenvalue weighted by Gasteiger charge is 1.99. The number of thiophene rings is 1. The normalized spacial score (nSPS) is 10.9. The molecule has 2 nitrogen and oxygen atoms in total.